The number of rotatable bonds is 7. The first-order chi connectivity index (χ1) is 15.0. The molecule has 0 unspecified atom stereocenters. The van der Waals surface area contributed by atoms with Crippen molar-refractivity contribution in [2.24, 2.45) is 0 Å². The molecule has 0 saturated heterocycles. The molecular weight excluding hydrogens is 412 g/mol. The molecule has 0 aliphatic rings. The molecule has 1 amide bonds. The highest BCUT2D eigenvalue weighted by Gasteiger charge is 2.13. The number of nitrogens with one attached hydrogen (secondary N) is 2. The Morgan fingerprint density at radius 2 is 1.61 bits per heavy atom. The van der Waals surface area contributed by atoms with Crippen LogP contribution >= 0.6 is 0 Å². The molecule has 156 valence electrons. The molecule has 0 aliphatic heterocycles. The van der Waals surface area contributed by atoms with E-state index in [1.165, 1.54) is 24.3 Å². The summed E-state index contributed by atoms with van der Waals surface area (Å²) < 4.78 is 32.6. The molecule has 1 heterocycles. The Labute approximate surface area is 180 Å². The molecule has 0 aliphatic carbocycles. The summed E-state index contributed by atoms with van der Waals surface area (Å²) in [6.45, 7) is 0.00721. The normalized spacial score (nSPS) is 11.7. The fourth-order valence-electron chi connectivity index (χ4n) is 3.09. The van der Waals surface area contributed by atoms with Crippen molar-refractivity contribution in [1.82, 2.24) is 4.72 Å². The number of hydrogen-bond donors (Lipinski definition) is 2. The van der Waals surface area contributed by atoms with E-state index in [9.17, 15) is 13.2 Å². The predicted molar refractivity (Wildman–Crippen MR) is 121 cm³/mol. The lowest BCUT2D eigenvalue weighted by atomic mass is 10.1. The molecule has 0 radical (unpaired) electrons. The summed E-state index contributed by atoms with van der Waals surface area (Å²) in [5, 5.41) is 4.86. The maximum absolute atomic E-state index is 12.3. The van der Waals surface area contributed by atoms with Crippen LogP contribution in [0.25, 0.3) is 16.8 Å². The van der Waals surface area contributed by atoms with Gasteiger partial charge in [-0.15, -0.1) is 0 Å². The van der Waals surface area contributed by atoms with E-state index in [2.05, 4.69) is 10.0 Å². The molecule has 3 aromatic carbocycles. The van der Waals surface area contributed by atoms with Crippen molar-refractivity contribution in [3.05, 3.63) is 103 Å². The maximum Gasteiger partial charge on any atom is 0.248 e. The van der Waals surface area contributed by atoms with E-state index >= 15 is 0 Å². The van der Waals surface area contributed by atoms with Gasteiger partial charge in [0.05, 0.1) is 11.4 Å². The van der Waals surface area contributed by atoms with Gasteiger partial charge in [-0.05, 0) is 41.8 Å². The molecular formula is C24H20N2O4S. The van der Waals surface area contributed by atoms with Gasteiger partial charge in [0.1, 0.15) is 11.5 Å². The van der Waals surface area contributed by atoms with E-state index < -0.39 is 10.0 Å². The second-order valence-corrected chi connectivity index (χ2v) is 8.56. The van der Waals surface area contributed by atoms with Crippen LogP contribution < -0.4 is 10.0 Å². The SMILES string of the molecule is O=C(/C=C/c1ccc(CNS(=O)(=O)c2ccccc2)o1)Nc1cccc2ccccc12. The van der Waals surface area contributed by atoms with Gasteiger partial charge in [0.2, 0.25) is 15.9 Å². The Morgan fingerprint density at radius 1 is 0.871 bits per heavy atom. The predicted octanol–water partition coefficient (Wildman–Crippen LogP) is 4.56. The first-order valence-electron chi connectivity index (χ1n) is 9.61. The van der Waals surface area contributed by atoms with Crippen molar-refractivity contribution in [2.45, 2.75) is 11.4 Å². The third-order valence-electron chi connectivity index (χ3n) is 4.62. The van der Waals surface area contributed by atoms with Crippen LogP contribution in [0.1, 0.15) is 11.5 Å². The number of hydrogen-bond acceptors (Lipinski definition) is 4. The monoisotopic (exact) mass is 432 g/mol. The second-order valence-electron chi connectivity index (χ2n) is 6.79. The Morgan fingerprint density at radius 3 is 2.45 bits per heavy atom. The minimum Gasteiger partial charge on any atom is -0.460 e. The van der Waals surface area contributed by atoms with E-state index in [0.717, 1.165) is 16.5 Å². The van der Waals surface area contributed by atoms with E-state index in [4.69, 9.17) is 4.42 Å². The Kier molecular flexibility index (Phi) is 5.97. The van der Waals surface area contributed by atoms with E-state index in [1.807, 2.05) is 42.5 Å². The molecule has 0 saturated carbocycles. The highest BCUT2D eigenvalue weighted by Crippen LogP contribution is 2.23. The van der Waals surface area contributed by atoms with Gasteiger partial charge >= 0.3 is 0 Å². The number of amides is 1. The molecule has 6 nitrogen and oxygen atoms in total. The van der Waals surface area contributed by atoms with Crippen LogP contribution in [0.2, 0.25) is 0 Å². The average Bonchev–Trinajstić information content (AvgIpc) is 3.25. The maximum atomic E-state index is 12.3. The lowest BCUT2D eigenvalue weighted by Crippen LogP contribution is -2.22. The Bertz CT molecular complexity index is 1340. The molecule has 0 fully saturated rings. The molecule has 0 bridgehead atoms. The van der Waals surface area contributed by atoms with Crippen LogP contribution in [0.4, 0.5) is 5.69 Å². The summed E-state index contributed by atoms with van der Waals surface area (Å²) in [5.41, 5.74) is 0.725. The molecule has 0 spiro atoms. The second kappa shape index (κ2) is 8.99. The average molecular weight is 433 g/mol. The molecule has 4 aromatic rings. The van der Waals surface area contributed by atoms with Gasteiger partial charge in [0.15, 0.2) is 0 Å². The molecule has 4 rings (SSSR count). The topological polar surface area (TPSA) is 88.4 Å². The van der Waals surface area contributed by atoms with Gasteiger partial charge in [0, 0.05) is 17.1 Å². The van der Waals surface area contributed by atoms with Gasteiger partial charge in [-0.2, -0.15) is 0 Å². The van der Waals surface area contributed by atoms with Crippen molar-refractivity contribution in [3.8, 4) is 0 Å². The van der Waals surface area contributed by atoms with E-state index in [0.29, 0.717) is 11.5 Å². The third kappa shape index (κ3) is 5.09. The zero-order chi connectivity index (χ0) is 21.7. The van der Waals surface area contributed by atoms with Gasteiger partial charge in [-0.25, -0.2) is 13.1 Å². The van der Waals surface area contributed by atoms with Gasteiger partial charge < -0.3 is 9.73 Å². The minimum absolute atomic E-state index is 0.00721. The summed E-state index contributed by atoms with van der Waals surface area (Å²) in [6, 6.07) is 25.0. The van der Waals surface area contributed by atoms with Gasteiger partial charge in [-0.1, -0.05) is 54.6 Å². The first-order valence-corrected chi connectivity index (χ1v) is 11.1. The van der Waals surface area contributed by atoms with Crippen molar-refractivity contribution in [3.63, 3.8) is 0 Å². The lowest BCUT2D eigenvalue weighted by molar-refractivity contribution is -0.111. The Balaban J connectivity index is 1.37. The van der Waals surface area contributed by atoms with E-state index in [1.54, 1.807) is 30.3 Å². The highest BCUT2D eigenvalue weighted by atomic mass is 32.2. The van der Waals surface area contributed by atoms with Crippen LogP contribution in [0.15, 0.2) is 100 Å². The van der Waals surface area contributed by atoms with E-state index in [-0.39, 0.29) is 17.3 Å². The summed E-state index contributed by atoms with van der Waals surface area (Å²) in [7, 11) is -3.62. The number of fused-ring (bicyclic) bond motifs is 1. The number of carbonyl (C=O) groups is 1. The van der Waals surface area contributed by atoms with Crippen molar-refractivity contribution in [2.75, 3.05) is 5.32 Å². The van der Waals surface area contributed by atoms with Crippen molar-refractivity contribution >= 4 is 38.5 Å². The zero-order valence-corrected chi connectivity index (χ0v) is 17.3. The molecule has 0 atom stereocenters. The molecule has 1 aromatic heterocycles. The minimum atomic E-state index is -3.62. The number of carbonyl (C=O) groups excluding carboxylic acids is 1. The number of furan rings is 1. The molecule has 31 heavy (non-hydrogen) atoms. The summed E-state index contributed by atoms with van der Waals surface area (Å²) >= 11 is 0. The fourth-order valence-corrected chi connectivity index (χ4v) is 4.11. The summed E-state index contributed by atoms with van der Waals surface area (Å²) in [6.07, 6.45) is 2.91. The quantitative estimate of drug-likeness (QED) is 0.419. The summed E-state index contributed by atoms with van der Waals surface area (Å²) in [5.74, 6) is 0.592. The van der Waals surface area contributed by atoms with Gasteiger partial charge in [-0.3, -0.25) is 4.79 Å². The van der Waals surface area contributed by atoms with Crippen molar-refractivity contribution in [1.29, 1.82) is 0 Å². The van der Waals surface area contributed by atoms with Crippen LogP contribution in [0, 0.1) is 0 Å². The molecule has 7 heteroatoms. The lowest BCUT2D eigenvalue weighted by Gasteiger charge is -2.06. The molecule has 2 N–H and O–H groups in total. The van der Waals surface area contributed by atoms with Crippen molar-refractivity contribution < 1.29 is 17.6 Å². The number of anilines is 1. The first kappa shape index (κ1) is 20.6. The standard InChI is InChI=1S/C24H20N2O4S/c27-24(26-23-12-6-8-18-7-4-5-11-22(18)23)16-15-19-13-14-20(30-19)17-25-31(28,29)21-9-2-1-3-10-21/h1-16,25H,17H2,(H,26,27)/b16-15+. The van der Waals surface area contributed by atoms with Gasteiger partial charge in [0.25, 0.3) is 0 Å². The third-order valence-corrected chi connectivity index (χ3v) is 6.04. The Hall–Kier alpha value is -3.68. The highest BCUT2D eigenvalue weighted by molar-refractivity contribution is 7.89. The summed E-state index contributed by atoms with van der Waals surface area (Å²) in [4.78, 5) is 12.5. The van der Waals surface area contributed by atoms with Crippen LogP contribution in [0.5, 0.6) is 0 Å². The zero-order valence-electron chi connectivity index (χ0n) is 16.5. The largest absolute Gasteiger partial charge is 0.460 e. The number of sulfonamides is 1. The smallest absolute Gasteiger partial charge is 0.248 e. The van der Waals surface area contributed by atoms with Crippen LogP contribution in [-0.4, -0.2) is 14.3 Å². The fraction of sp³-hybridized carbons (Fsp3) is 0.0417. The van der Waals surface area contributed by atoms with Crippen LogP contribution in [-0.2, 0) is 21.4 Å². The van der Waals surface area contributed by atoms with Crippen LogP contribution in [0.3, 0.4) is 0 Å². The number of benzene rings is 3.